The monoisotopic (exact) mass is 369 g/mol. The molecule has 0 unspecified atom stereocenters. The lowest BCUT2D eigenvalue weighted by Crippen LogP contribution is -2.30. The maximum absolute atomic E-state index is 6.12. The van der Waals surface area contributed by atoms with Crippen LogP contribution in [-0.2, 0) is 27.1 Å². The van der Waals surface area contributed by atoms with E-state index in [2.05, 4.69) is 61.2 Å². The van der Waals surface area contributed by atoms with Crippen LogP contribution >= 0.6 is 0 Å². The number of aromatic amines is 1. The van der Waals surface area contributed by atoms with E-state index >= 15 is 0 Å². The molecule has 0 amide bonds. The number of rotatable bonds is 10. The predicted molar refractivity (Wildman–Crippen MR) is 108 cm³/mol. The first-order valence-corrected chi connectivity index (χ1v) is 9.52. The van der Waals surface area contributed by atoms with Gasteiger partial charge in [-0.15, -0.1) is 0 Å². The summed E-state index contributed by atoms with van der Waals surface area (Å²) in [6, 6.07) is 6.09. The maximum atomic E-state index is 6.12. The Morgan fingerprint density at radius 3 is 2.70 bits per heavy atom. The molecule has 3 rings (SSSR count). The first kappa shape index (κ1) is 18.8. The number of anilines is 3. The van der Waals surface area contributed by atoms with Crippen molar-refractivity contribution in [1.82, 2.24) is 9.55 Å². The van der Waals surface area contributed by atoms with E-state index in [1.54, 1.807) is 0 Å². The zero-order valence-corrected chi connectivity index (χ0v) is 16.3. The topological polar surface area (TPSA) is 78.6 Å². The van der Waals surface area contributed by atoms with Crippen molar-refractivity contribution in [2.24, 2.45) is 14.1 Å². The van der Waals surface area contributed by atoms with Crippen LogP contribution in [0.25, 0.3) is 0 Å². The van der Waals surface area contributed by atoms with Gasteiger partial charge in [-0.25, -0.2) is 18.7 Å². The lowest BCUT2D eigenvalue weighted by atomic mass is 10.2. The smallest absolute Gasteiger partial charge is 0.254 e. The number of hydrogen-bond acceptors (Lipinski definition) is 3. The molecular weight excluding hydrogens is 338 g/mol. The summed E-state index contributed by atoms with van der Waals surface area (Å²) in [5, 5.41) is 6.94. The van der Waals surface area contributed by atoms with Crippen molar-refractivity contribution < 1.29 is 9.13 Å². The van der Waals surface area contributed by atoms with E-state index in [-0.39, 0.29) is 0 Å². The largest absolute Gasteiger partial charge is 0.397 e. The third-order valence-electron chi connectivity index (χ3n) is 4.68. The molecule has 5 N–H and O–H groups in total. The minimum Gasteiger partial charge on any atom is -0.397 e. The van der Waals surface area contributed by atoms with Gasteiger partial charge in [-0.05, 0) is 24.6 Å². The number of nitrogens with zero attached hydrogens (tertiary/aromatic N) is 3. The Bertz CT molecular complexity index is 850. The number of aromatic nitrogens is 4. The summed E-state index contributed by atoms with van der Waals surface area (Å²) in [6.45, 7) is 2.82. The van der Waals surface area contributed by atoms with E-state index in [0.717, 1.165) is 56.0 Å². The van der Waals surface area contributed by atoms with Crippen LogP contribution in [0.3, 0.4) is 0 Å². The number of imidazole rings is 2. The van der Waals surface area contributed by atoms with Crippen molar-refractivity contribution in [1.29, 1.82) is 0 Å². The molecule has 0 saturated heterocycles. The molecule has 2 heterocycles. The van der Waals surface area contributed by atoms with Crippen molar-refractivity contribution in [2.75, 3.05) is 29.5 Å². The molecule has 7 heteroatoms. The van der Waals surface area contributed by atoms with Gasteiger partial charge in [-0.1, -0.05) is 0 Å². The van der Waals surface area contributed by atoms with Crippen LogP contribution in [0, 0.1) is 0 Å². The number of nitrogens with one attached hydrogen (secondary N) is 3. The molecule has 0 aliphatic heterocycles. The fourth-order valence-electron chi connectivity index (χ4n) is 3.11. The summed E-state index contributed by atoms with van der Waals surface area (Å²) in [7, 11) is 4.10. The molecule has 0 saturated carbocycles. The predicted octanol–water partition coefficient (Wildman–Crippen LogP) is 1.59. The Labute approximate surface area is 160 Å². The van der Waals surface area contributed by atoms with E-state index < -0.39 is 0 Å². The first-order valence-electron chi connectivity index (χ1n) is 9.52. The molecule has 144 valence electrons. The first-order chi connectivity index (χ1) is 13.1. The molecule has 2 aromatic heterocycles. The quantitative estimate of drug-likeness (QED) is 0.249. The zero-order chi connectivity index (χ0) is 19.1. The van der Waals surface area contributed by atoms with Gasteiger partial charge in [-0.3, -0.25) is 0 Å². The number of nitrogen functional groups attached to an aromatic ring is 1. The van der Waals surface area contributed by atoms with Gasteiger partial charge in [0.15, 0.2) is 0 Å². The lowest BCUT2D eigenvalue weighted by Gasteiger charge is -2.12. The second kappa shape index (κ2) is 9.12. The maximum Gasteiger partial charge on any atom is 0.254 e. The van der Waals surface area contributed by atoms with Crippen molar-refractivity contribution in [3.8, 4) is 0 Å². The van der Waals surface area contributed by atoms with Crippen molar-refractivity contribution in [3.63, 3.8) is 0 Å². The van der Waals surface area contributed by atoms with Crippen LogP contribution in [0.1, 0.15) is 18.7 Å². The Morgan fingerprint density at radius 1 is 1.11 bits per heavy atom. The molecule has 0 aliphatic carbocycles. The molecule has 3 aromatic rings. The second-order valence-corrected chi connectivity index (χ2v) is 6.95. The highest BCUT2D eigenvalue weighted by molar-refractivity contribution is 5.71. The highest BCUT2D eigenvalue weighted by Gasteiger charge is 2.06. The van der Waals surface area contributed by atoms with Gasteiger partial charge in [0.2, 0.25) is 6.33 Å². The molecular formula is C20H31N7+2. The van der Waals surface area contributed by atoms with E-state index in [9.17, 15) is 0 Å². The average molecular weight is 370 g/mol. The molecule has 0 aliphatic rings. The summed E-state index contributed by atoms with van der Waals surface area (Å²) in [6.07, 6.45) is 13.4. The molecule has 27 heavy (non-hydrogen) atoms. The number of hydrogen-bond donors (Lipinski definition) is 4. The third kappa shape index (κ3) is 5.51. The minimum absolute atomic E-state index is 0.783. The summed E-state index contributed by atoms with van der Waals surface area (Å²) < 4.78 is 6.37. The molecule has 7 nitrogen and oxygen atoms in total. The van der Waals surface area contributed by atoms with Gasteiger partial charge in [0.25, 0.3) is 5.82 Å². The summed E-state index contributed by atoms with van der Waals surface area (Å²) in [5.74, 6) is 1.23. The molecule has 0 spiro atoms. The Kier molecular flexibility index (Phi) is 6.35. The van der Waals surface area contributed by atoms with Crippen LogP contribution in [0.4, 0.5) is 17.1 Å². The molecule has 0 fully saturated rings. The summed E-state index contributed by atoms with van der Waals surface area (Å²) in [5.41, 5.74) is 8.99. The van der Waals surface area contributed by atoms with Crippen LogP contribution in [0.15, 0.2) is 49.3 Å². The van der Waals surface area contributed by atoms with Gasteiger partial charge in [-0.2, -0.15) is 0 Å². The highest BCUT2D eigenvalue weighted by atomic mass is 15.1. The van der Waals surface area contributed by atoms with Gasteiger partial charge in [0, 0.05) is 25.2 Å². The third-order valence-corrected chi connectivity index (χ3v) is 4.68. The number of nitrogens with two attached hydrogens (primary N) is 1. The highest BCUT2D eigenvalue weighted by Crippen LogP contribution is 2.23. The number of benzene rings is 1. The molecule has 1 aromatic carbocycles. The van der Waals surface area contributed by atoms with E-state index in [1.165, 1.54) is 5.82 Å². The SMILES string of the molecule is C[n+]1ccn(CCCNc2ccc(N)c(NCCCc3[nH]cc[n+]3C)c2)c1. The van der Waals surface area contributed by atoms with Gasteiger partial charge >= 0.3 is 0 Å². The number of aryl methyl sites for hydroxylation is 4. The Morgan fingerprint density at radius 2 is 1.96 bits per heavy atom. The molecule has 0 radical (unpaired) electrons. The van der Waals surface area contributed by atoms with Crippen LogP contribution < -0.4 is 25.5 Å². The average Bonchev–Trinajstić information content (AvgIpc) is 3.26. The van der Waals surface area contributed by atoms with Crippen molar-refractivity contribution >= 4 is 17.1 Å². The van der Waals surface area contributed by atoms with E-state index in [1.807, 2.05) is 31.6 Å². The van der Waals surface area contributed by atoms with Crippen LogP contribution in [0.5, 0.6) is 0 Å². The fourth-order valence-corrected chi connectivity index (χ4v) is 3.11. The zero-order valence-electron chi connectivity index (χ0n) is 16.3. The minimum atomic E-state index is 0.783. The van der Waals surface area contributed by atoms with Crippen molar-refractivity contribution in [2.45, 2.75) is 25.8 Å². The van der Waals surface area contributed by atoms with Gasteiger partial charge in [0.1, 0.15) is 24.8 Å². The standard InChI is InChI=1S/C20H30N7/c1-25-13-14-27(16-25)11-4-9-22-17-6-7-18(21)19(15-17)23-8-3-5-20-24-10-12-26(20)2/h6-7,10,12-16,22-23H,3-5,8-9,11,21H2,1-2H3/q+1/p+1. The summed E-state index contributed by atoms with van der Waals surface area (Å²) in [4.78, 5) is 3.26. The Hall–Kier alpha value is -2.96. The van der Waals surface area contributed by atoms with Gasteiger partial charge in [0.05, 0.1) is 38.4 Å². The fraction of sp³-hybridized carbons (Fsp3) is 0.400. The van der Waals surface area contributed by atoms with E-state index in [4.69, 9.17) is 5.73 Å². The van der Waals surface area contributed by atoms with Gasteiger partial charge < -0.3 is 16.4 Å². The molecule has 0 atom stereocenters. The Balaban J connectivity index is 1.42. The molecule has 0 bridgehead atoms. The lowest BCUT2D eigenvalue weighted by molar-refractivity contribution is -0.677. The van der Waals surface area contributed by atoms with Crippen molar-refractivity contribution in [3.05, 3.63) is 55.1 Å². The van der Waals surface area contributed by atoms with Crippen LogP contribution in [-0.4, -0.2) is 22.6 Å². The second-order valence-electron chi connectivity index (χ2n) is 6.95. The summed E-state index contributed by atoms with van der Waals surface area (Å²) >= 11 is 0. The van der Waals surface area contributed by atoms with Crippen LogP contribution in [0.2, 0.25) is 0 Å². The van der Waals surface area contributed by atoms with E-state index in [0.29, 0.717) is 0 Å². The number of H-pyrrole nitrogens is 1. The normalized spacial score (nSPS) is 10.9.